The SMILES string of the molecule is Cc1cccc(COc2ccccc2/C=C2/SC(=O)N(CC(=O)N3CCOCC3)C2=O)c1. The van der Waals surface area contributed by atoms with Crippen LogP contribution in [0, 0.1) is 6.92 Å². The van der Waals surface area contributed by atoms with E-state index in [9.17, 15) is 14.4 Å². The molecule has 0 unspecified atom stereocenters. The van der Waals surface area contributed by atoms with Crippen LogP contribution in [0.2, 0.25) is 0 Å². The van der Waals surface area contributed by atoms with Crippen LogP contribution in [-0.2, 0) is 20.9 Å². The van der Waals surface area contributed by atoms with Crippen LogP contribution in [0.4, 0.5) is 4.79 Å². The summed E-state index contributed by atoms with van der Waals surface area (Å²) in [6.45, 7) is 4.03. The molecule has 0 N–H and O–H groups in total. The summed E-state index contributed by atoms with van der Waals surface area (Å²) >= 11 is 0.838. The predicted octanol–water partition coefficient (Wildman–Crippen LogP) is 3.47. The Kier molecular flexibility index (Phi) is 6.92. The van der Waals surface area contributed by atoms with Crippen LogP contribution >= 0.6 is 11.8 Å². The van der Waals surface area contributed by atoms with Crippen LogP contribution in [-0.4, -0.2) is 59.7 Å². The van der Waals surface area contributed by atoms with E-state index in [1.165, 1.54) is 0 Å². The second kappa shape index (κ2) is 10.0. The van der Waals surface area contributed by atoms with Crippen molar-refractivity contribution in [1.29, 1.82) is 0 Å². The second-order valence-electron chi connectivity index (χ2n) is 7.58. The van der Waals surface area contributed by atoms with Gasteiger partial charge in [0.1, 0.15) is 18.9 Å². The summed E-state index contributed by atoms with van der Waals surface area (Å²) in [7, 11) is 0. The number of imide groups is 1. The Balaban J connectivity index is 1.46. The topological polar surface area (TPSA) is 76.2 Å². The zero-order valence-corrected chi connectivity index (χ0v) is 18.6. The van der Waals surface area contributed by atoms with Crippen molar-refractivity contribution in [1.82, 2.24) is 9.80 Å². The molecule has 8 heteroatoms. The number of carbonyl (C=O) groups is 3. The maximum absolute atomic E-state index is 12.8. The third-order valence-electron chi connectivity index (χ3n) is 5.21. The van der Waals surface area contributed by atoms with Crippen LogP contribution < -0.4 is 4.74 Å². The van der Waals surface area contributed by atoms with E-state index < -0.39 is 11.1 Å². The van der Waals surface area contributed by atoms with Crippen molar-refractivity contribution in [3.05, 3.63) is 70.1 Å². The van der Waals surface area contributed by atoms with Crippen molar-refractivity contribution in [3.8, 4) is 5.75 Å². The first-order valence-corrected chi connectivity index (χ1v) is 11.2. The van der Waals surface area contributed by atoms with E-state index in [1.54, 1.807) is 11.0 Å². The predicted molar refractivity (Wildman–Crippen MR) is 122 cm³/mol. The van der Waals surface area contributed by atoms with Crippen LogP contribution in [0.3, 0.4) is 0 Å². The van der Waals surface area contributed by atoms with Crippen LogP contribution in [0.1, 0.15) is 16.7 Å². The lowest BCUT2D eigenvalue weighted by Crippen LogP contribution is -2.46. The fraction of sp³-hybridized carbons (Fsp3) is 0.292. The third kappa shape index (κ3) is 5.20. The molecule has 0 aliphatic carbocycles. The maximum Gasteiger partial charge on any atom is 0.294 e. The van der Waals surface area contributed by atoms with Gasteiger partial charge in [-0.3, -0.25) is 19.3 Å². The van der Waals surface area contributed by atoms with Gasteiger partial charge in [0.05, 0.1) is 18.1 Å². The summed E-state index contributed by atoms with van der Waals surface area (Å²) in [5.41, 5.74) is 2.89. The van der Waals surface area contributed by atoms with Crippen molar-refractivity contribution in [3.63, 3.8) is 0 Å². The number of morpholine rings is 1. The molecule has 2 aliphatic rings. The molecular weight excluding hydrogens is 428 g/mol. The Bertz CT molecular complexity index is 1060. The van der Waals surface area contributed by atoms with Gasteiger partial charge in [-0.15, -0.1) is 0 Å². The van der Waals surface area contributed by atoms with Crippen LogP contribution in [0.25, 0.3) is 6.08 Å². The molecule has 2 aromatic rings. The number of benzene rings is 2. The normalized spacial score (nSPS) is 17.8. The molecular formula is C24H24N2O5S. The molecule has 166 valence electrons. The Morgan fingerprint density at radius 3 is 2.69 bits per heavy atom. The fourth-order valence-corrected chi connectivity index (χ4v) is 4.35. The molecule has 2 saturated heterocycles. The first-order valence-electron chi connectivity index (χ1n) is 10.4. The average Bonchev–Trinajstić information content (AvgIpc) is 3.06. The van der Waals surface area contributed by atoms with Crippen molar-refractivity contribution in [2.75, 3.05) is 32.8 Å². The number of ether oxygens (including phenoxy) is 2. The van der Waals surface area contributed by atoms with Gasteiger partial charge in [-0.1, -0.05) is 48.0 Å². The lowest BCUT2D eigenvalue weighted by molar-refractivity contribution is -0.139. The molecule has 0 bridgehead atoms. The monoisotopic (exact) mass is 452 g/mol. The summed E-state index contributed by atoms with van der Waals surface area (Å²) in [6.07, 6.45) is 1.65. The minimum absolute atomic E-state index is 0.251. The minimum Gasteiger partial charge on any atom is -0.488 e. The van der Waals surface area contributed by atoms with Crippen molar-refractivity contribution in [2.45, 2.75) is 13.5 Å². The van der Waals surface area contributed by atoms with Gasteiger partial charge in [0.25, 0.3) is 11.1 Å². The average molecular weight is 453 g/mol. The lowest BCUT2D eigenvalue weighted by Gasteiger charge is -2.28. The lowest BCUT2D eigenvalue weighted by atomic mass is 10.1. The van der Waals surface area contributed by atoms with E-state index in [0.29, 0.717) is 44.2 Å². The zero-order chi connectivity index (χ0) is 22.5. The van der Waals surface area contributed by atoms with Crippen LogP contribution in [0.5, 0.6) is 5.75 Å². The van der Waals surface area contributed by atoms with Crippen LogP contribution in [0.15, 0.2) is 53.4 Å². The quantitative estimate of drug-likeness (QED) is 0.625. The molecule has 2 fully saturated rings. The molecule has 3 amide bonds. The van der Waals surface area contributed by atoms with Crippen molar-refractivity contribution < 1.29 is 23.9 Å². The molecule has 2 aliphatic heterocycles. The Labute approximate surface area is 191 Å². The number of amides is 3. The first-order chi connectivity index (χ1) is 15.5. The highest BCUT2D eigenvalue weighted by molar-refractivity contribution is 8.18. The van der Waals surface area contributed by atoms with E-state index in [4.69, 9.17) is 9.47 Å². The summed E-state index contributed by atoms with van der Waals surface area (Å²) in [5, 5.41) is -0.444. The first kappa shape index (κ1) is 22.1. The molecule has 0 atom stereocenters. The number of hydrogen-bond donors (Lipinski definition) is 0. The van der Waals surface area contributed by atoms with Gasteiger partial charge in [-0.25, -0.2) is 0 Å². The molecule has 4 rings (SSSR count). The minimum atomic E-state index is -0.463. The highest BCUT2D eigenvalue weighted by Crippen LogP contribution is 2.34. The number of carbonyl (C=O) groups excluding carboxylic acids is 3. The molecule has 2 heterocycles. The van der Waals surface area contributed by atoms with E-state index in [1.807, 2.05) is 49.4 Å². The number of rotatable bonds is 6. The zero-order valence-electron chi connectivity index (χ0n) is 17.8. The third-order valence-corrected chi connectivity index (χ3v) is 6.12. The Hall–Kier alpha value is -3.10. The van der Waals surface area contributed by atoms with Crippen molar-refractivity contribution in [2.24, 2.45) is 0 Å². The van der Waals surface area contributed by atoms with Gasteiger partial charge in [0, 0.05) is 18.7 Å². The molecule has 32 heavy (non-hydrogen) atoms. The molecule has 0 spiro atoms. The van der Waals surface area contributed by atoms with Gasteiger partial charge >= 0.3 is 0 Å². The van der Waals surface area contributed by atoms with Gasteiger partial charge in [0.2, 0.25) is 5.91 Å². The molecule has 2 aromatic carbocycles. The van der Waals surface area contributed by atoms with E-state index in [-0.39, 0.29) is 17.4 Å². The van der Waals surface area contributed by atoms with E-state index in [2.05, 4.69) is 6.07 Å². The largest absolute Gasteiger partial charge is 0.488 e. The van der Waals surface area contributed by atoms with Gasteiger partial charge in [0.15, 0.2) is 0 Å². The van der Waals surface area contributed by atoms with Gasteiger partial charge < -0.3 is 14.4 Å². The standard InChI is InChI=1S/C24H24N2O5S/c1-17-5-4-6-18(13-17)16-31-20-8-3-2-7-19(20)14-21-23(28)26(24(29)32-21)15-22(27)25-9-11-30-12-10-25/h2-8,13-14H,9-12,15-16H2,1H3/b21-14+. The summed E-state index contributed by atoms with van der Waals surface area (Å²) in [6, 6.07) is 15.4. The molecule has 0 radical (unpaired) electrons. The number of hydrogen-bond acceptors (Lipinski definition) is 6. The Morgan fingerprint density at radius 2 is 1.91 bits per heavy atom. The Morgan fingerprint density at radius 1 is 1.12 bits per heavy atom. The number of aryl methyl sites for hydroxylation is 1. The smallest absolute Gasteiger partial charge is 0.294 e. The maximum atomic E-state index is 12.8. The highest BCUT2D eigenvalue weighted by Gasteiger charge is 2.37. The second-order valence-corrected chi connectivity index (χ2v) is 8.57. The molecule has 0 saturated carbocycles. The van der Waals surface area contributed by atoms with Gasteiger partial charge in [-0.2, -0.15) is 0 Å². The fourth-order valence-electron chi connectivity index (χ4n) is 3.52. The number of nitrogens with zero attached hydrogens (tertiary/aromatic N) is 2. The highest BCUT2D eigenvalue weighted by atomic mass is 32.2. The number of thioether (sulfide) groups is 1. The summed E-state index contributed by atoms with van der Waals surface area (Å²) in [4.78, 5) is 40.7. The number of para-hydroxylation sites is 1. The summed E-state index contributed by atoms with van der Waals surface area (Å²) in [5.74, 6) is -0.0981. The van der Waals surface area contributed by atoms with Crippen molar-refractivity contribution >= 4 is 34.9 Å². The summed E-state index contributed by atoms with van der Waals surface area (Å²) < 4.78 is 11.2. The molecule has 0 aromatic heterocycles. The molecule has 7 nitrogen and oxygen atoms in total. The van der Waals surface area contributed by atoms with E-state index >= 15 is 0 Å². The van der Waals surface area contributed by atoms with Gasteiger partial charge in [-0.05, 0) is 36.4 Å². The van der Waals surface area contributed by atoms with E-state index in [0.717, 1.165) is 27.8 Å².